The number of nitrogens with one attached hydrogen (secondary N) is 1. The SMILES string of the molecule is CC1=C(CCO)C(=O)C2CCCC2N1. The van der Waals surface area contributed by atoms with Crippen LogP contribution in [0.5, 0.6) is 0 Å². The summed E-state index contributed by atoms with van der Waals surface area (Å²) in [7, 11) is 0. The third kappa shape index (κ3) is 1.46. The van der Waals surface area contributed by atoms with Gasteiger partial charge in [0, 0.05) is 36.3 Å². The van der Waals surface area contributed by atoms with Gasteiger partial charge in [0.05, 0.1) is 0 Å². The Morgan fingerprint density at radius 2 is 2.29 bits per heavy atom. The molecule has 0 radical (unpaired) electrons. The van der Waals surface area contributed by atoms with Gasteiger partial charge >= 0.3 is 0 Å². The summed E-state index contributed by atoms with van der Waals surface area (Å²) >= 11 is 0. The topological polar surface area (TPSA) is 49.3 Å². The monoisotopic (exact) mass is 195 g/mol. The van der Waals surface area contributed by atoms with Gasteiger partial charge < -0.3 is 10.4 Å². The Morgan fingerprint density at radius 1 is 1.50 bits per heavy atom. The molecule has 1 aliphatic heterocycles. The highest BCUT2D eigenvalue weighted by molar-refractivity contribution is 5.99. The van der Waals surface area contributed by atoms with Crippen LogP contribution in [0.2, 0.25) is 0 Å². The van der Waals surface area contributed by atoms with Crippen LogP contribution in [0, 0.1) is 5.92 Å². The third-order valence-corrected chi connectivity index (χ3v) is 3.37. The molecule has 3 nitrogen and oxygen atoms in total. The number of aliphatic hydroxyl groups excluding tert-OH is 1. The van der Waals surface area contributed by atoms with Crippen molar-refractivity contribution in [3.05, 3.63) is 11.3 Å². The van der Waals surface area contributed by atoms with Gasteiger partial charge in [-0.05, 0) is 19.8 Å². The Bertz CT molecular complexity index is 283. The maximum Gasteiger partial charge on any atom is 0.165 e. The Hall–Kier alpha value is -0.830. The first-order valence-corrected chi connectivity index (χ1v) is 5.35. The summed E-state index contributed by atoms with van der Waals surface area (Å²) in [4.78, 5) is 12.0. The number of hydrogen-bond donors (Lipinski definition) is 2. The van der Waals surface area contributed by atoms with Gasteiger partial charge in [-0.25, -0.2) is 0 Å². The van der Waals surface area contributed by atoms with Gasteiger partial charge in [0.25, 0.3) is 0 Å². The molecule has 2 N–H and O–H groups in total. The first-order chi connectivity index (χ1) is 6.74. The van der Waals surface area contributed by atoms with E-state index in [0.29, 0.717) is 12.5 Å². The summed E-state index contributed by atoms with van der Waals surface area (Å²) in [6.45, 7) is 2.01. The number of hydrogen-bond acceptors (Lipinski definition) is 3. The molecule has 0 bridgehead atoms. The summed E-state index contributed by atoms with van der Waals surface area (Å²) in [5, 5.41) is 12.3. The van der Waals surface area contributed by atoms with Gasteiger partial charge in [0.2, 0.25) is 0 Å². The summed E-state index contributed by atoms with van der Waals surface area (Å²) < 4.78 is 0. The molecule has 0 aromatic carbocycles. The summed E-state index contributed by atoms with van der Waals surface area (Å²) in [5.74, 6) is 0.457. The number of carbonyl (C=O) groups is 1. The van der Waals surface area contributed by atoms with Gasteiger partial charge in [-0.1, -0.05) is 6.42 Å². The number of rotatable bonds is 2. The van der Waals surface area contributed by atoms with Crippen LogP contribution in [0.15, 0.2) is 11.3 Å². The lowest BCUT2D eigenvalue weighted by molar-refractivity contribution is -0.120. The van der Waals surface area contributed by atoms with Crippen molar-refractivity contribution in [1.82, 2.24) is 5.32 Å². The molecule has 78 valence electrons. The van der Waals surface area contributed by atoms with Gasteiger partial charge in [-0.15, -0.1) is 0 Å². The van der Waals surface area contributed by atoms with Crippen molar-refractivity contribution >= 4 is 5.78 Å². The molecule has 0 spiro atoms. The minimum atomic E-state index is 0.0669. The Morgan fingerprint density at radius 3 is 3.00 bits per heavy atom. The fourth-order valence-electron chi connectivity index (χ4n) is 2.64. The average Bonchev–Trinajstić information content (AvgIpc) is 2.60. The third-order valence-electron chi connectivity index (χ3n) is 3.37. The molecule has 0 aromatic heterocycles. The van der Waals surface area contributed by atoms with Crippen molar-refractivity contribution in [3.63, 3.8) is 0 Å². The molecule has 1 fully saturated rings. The van der Waals surface area contributed by atoms with E-state index in [-0.39, 0.29) is 18.3 Å². The molecule has 2 unspecified atom stereocenters. The molecular weight excluding hydrogens is 178 g/mol. The molecule has 14 heavy (non-hydrogen) atoms. The lowest BCUT2D eigenvalue weighted by atomic mass is 9.87. The fourth-order valence-corrected chi connectivity index (χ4v) is 2.64. The quantitative estimate of drug-likeness (QED) is 0.690. The lowest BCUT2D eigenvalue weighted by Gasteiger charge is -2.29. The molecule has 1 heterocycles. The van der Waals surface area contributed by atoms with Crippen LogP contribution in [-0.4, -0.2) is 23.5 Å². The second kappa shape index (κ2) is 3.73. The molecule has 0 saturated heterocycles. The Kier molecular flexibility index (Phi) is 2.59. The van der Waals surface area contributed by atoms with Crippen LogP contribution in [-0.2, 0) is 4.79 Å². The number of Topliss-reactive ketones (excluding diaryl/α,β-unsaturated/α-hetero) is 1. The first-order valence-electron chi connectivity index (χ1n) is 5.35. The van der Waals surface area contributed by atoms with E-state index in [0.717, 1.165) is 30.5 Å². The smallest absolute Gasteiger partial charge is 0.165 e. The minimum absolute atomic E-state index is 0.0669. The highest BCUT2D eigenvalue weighted by atomic mass is 16.3. The van der Waals surface area contributed by atoms with Crippen molar-refractivity contribution in [2.45, 2.75) is 38.6 Å². The van der Waals surface area contributed by atoms with E-state index in [9.17, 15) is 4.79 Å². The molecule has 2 aliphatic rings. The highest BCUT2D eigenvalue weighted by Crippen LogP contribution is 2.33. The molecule has 1 aliphatic carbocycles. The van der Waals surface area contributed by atoms with Gasteiger partial charge in [0.1, 0.15) is 0 Å². The van der Waals surface area contributed by atoms with Crippen molar-refractivity contribution in [3.8, 4) is 0 Å². The molecular formula is C11H17NO2. The fraction of sp³-hybridized carbons (Fsp3) is 0.727. The summed E-state index contributed by atoms with van der Waals surface area (Å²) in [6.07, 6.45) is 3.77. The molecule has 3 heteroatoms. The van der Waals surface area contributed by atoms with Crippen LogP contribution in [0.3, 0.4) is 0 Å². The van der Waals surface area contributed by atoms with Gasteiger partial charge in [0.15, 0.2) is 5.78 Å². The molecule has 0 amide bonds. The highest BCUT2D eigenvalue weighted by Gasteiger charge is 2.38. The average molecular weight is 195 g/mol. The Balaban J connectivity index is 2.22. The molecule has 2 rings (SSSR count). The van der Waals surface area contributed by atoms with E-state index >= 15 is 0 Å². The maximum atomic E-state index is 12.0. The zero-order valence-electron chi connectivity index (χ0n) is 8.55. The van der Waals surface area contributed by atoms with E-state index in [1.54, 1.807) is 0 Å². The normalized spacial score (nSPS) is 31.7. The van der Waals surface area contributed by atoms with Gasteiger partial charge in [-0.3, -0.25) is 4.79 Å². The minimum Gasteiger partial charge on any atom is -0.396 e. The summed E-state index contributed by atoms with van der Waals surface area (Å²) in [5.41, 5.74) is 1.79. The lowest BCUT2D eigenvalue weighted by Crippen LogP contribution is -2.41. The van der Waals surface area contributed by atoms with Crippen molar-refractivity contribution in [2.24, 2.45) is 5.92 Å². The van der Waals surface area contributed by atoms with Gasteiger partial charge in [-0.2, -0.15) is 0 Å². The van der Waals surface area contributed by atoms with Crippen LogP contribution in [0.4, 0.5) is 0 Å². The number of carbonyl (C=O) groups excluding carboxylic acids is 1. The van der Waals surface area contributed by atoms with E-state index in [4.69, 9.17) is 5.11 Å². The first kappa shape index (κ1) is 9.71. The van der Waals surface area contributed by atoms with Crippen LogP contribution in [0.1, 0.15) is 32.6 Å². The van der Waals surface area contributed by atoms with Crippen molar-refractivity contribution < 1.29 is 9.90 Å². The molecule has 1 saturated carbocycles. The second-order valence-corrected chi connectivity index (χ2v) is 4.23. The number of ketones is 1. The van der Waals surface area contributed by atoms with E-state index in [1.165, 1.54) is 0 Å². The van der Waals surface area contributed by atoms with Crippen LogP contribution in [0.25, 0.3) is 0 Å². The number of allylic oxidation sites excluding steroid dienone is 1. The predicted octanol–water partition coefficient (Wildman–Crippen LogP) is 0.984. The summed E-state index contributed by atoms with van der Waals surface area (Å²) in [6, 6.07) is 0.366. The van der Waals surface area contributed by atoms with Crippen LogP contribution < -0.4 is 5.32 Å². The van der Waals surface area contributed by atoms with Crippen molar-refractivity contribution in [1.29, 1.82) is 0 Å². The van der Waals surface area contributed by atoms with Crippen LogP contribution >= 0.6 is 0 Å². The van der Waals surface area contributed by atoms with E-state index in [2.05, 4.69) is 5.32 Å². The van der Waals surface area contributed by atoms with Crippen molar-refractivity contribution in [2.75, 3.05) is 6.61 Å². The molecule has 2 atom stereocenters. The molecule has 0 aromatic rings. The van der Waals surface area contributed by atoms with E-state index in [1.807, 2.05) is 6.92 Å². The zero-order chi connectivity index (χ0) is 10.1. The maximum absolute atomic E-state index is 12.0. The largest absolute Gasteiger partial charge is 0.396 e. The standard InChI is InChI=1S/C11H17NO2/c1-7-8(5-6-13)11(14)9-3-2-4-10(9)12-7/h9-10,12-13H,2-6H2,1H3. The number of aliphatic hydroxyl groups is 1. The number of fused-ring (bicyclic) bond motifs is 1. The Labute approximate surface area is 84.2 Å². The zero-order valence-corrected chi connectivity index (χ0v) is 8.55. The second-order valence-electron chi connectivity index (χ2n) is 4.23. The predicted molar refractivity (Wildman–Crippen MR) is 53.7 cm³/mol. The van der Waals surface area contributed by atoms with E-state index < -0.39 is 0 Å².